The highest BCUT2D eigenvalue weighted by molar-refractivity contribution is 6.31. The molecule has 3 nitrogen and oxygen atoms in total. The lowest BCUT2D eigenvalue weighted by molar-refractivity contribution is -0.116. The van der Waals surface area contributed by atoms with E-state index in [9.17, 15) is 9.18 Å². The van der Waals surface area contributed by atoms with Gasteiger partial charge in [-0.2, -0.15) is 0 Å². The monoisotopic (exact) mass is 272 g/mol. The molecule has 1 amide bonds. The highest BCUT2D eigenvalue weighted by Crippen LogP contribution is 2.19. The van der Waals surface area contributed by atoms with Crippen molar-refractivity contribution in [2.24, 2.45) is 0 Å². The molecule has 5 heteroatoms. The van der Waals surface area contributed by atoms with Crippen LogP contribution in [-0.2, 0) is 4.79 Å². The Kier molecular flexibility index (Phi) is 6.09. The predicted octanol–water partition coefficient (Wildman–Crippen LogP) is 3.20. The zero-order chi connectivity index (χ0) is 13.5. The minimum atomic E-state index is -0.492. The quantitative estimate of drug-likeness (QED) is 0.835. The Bertz CT molecular complexity index is 412. The molecule has 0 aliphatic carbocycles. The number of nitrogens with one attached hydrogen (secondary N) is 2. The summed E-state index contributed by atoms with van der Waals surface area (Å²) >= 11 is 5.62. The first-order valence-corrected chi connectivity index (χ1v) is 6.39. The Morgan fingerprint density at radius 2 is 2.22 bits per heavy atom. The van der Waals surface area contributed by atoms with Gasteiger partial charge in [0.25, 0.3) is 0 Å². The van der Waals surface area contributed by atoms with Gasteiger partial charge in [0.05, 0.1) is 5.02 Å². The van der Waals surface area contributed by atoms with Gasteiger partial charge >= 0.3 is 0 Å². The average molecular weight is 273 g/mol. The molecule has 1 atom stereocenters. The van der Waals surface area contributed by atoms with Crippen molar-refractivity contribution in [3.05, 3.63) is 29.0 Å². The second-order valence-electron chi connectivity index (χ2n) is 4.19. The molecule has 0 fully saturated rings. The summed E-state index contributed by atoms with van der Waals surface area (Å²) in [4.78, 5) is 11.6. The van der Waals surface area contributed by atoms with E-state index in [2.05, 4.69) is 24.5 Å². The summed E-state index contributed by atoms with van der Waals surface area (Å²) in [6, 6.07) is 4.52. The fourth-order valence-electron chi connectivity index (χ4n) is 1.37. The summed E-state index contributed by atoms with van der Waals surface area (Å²) in [5.74, 6) is -0.610. The van der Waals surface area contributed by atoms with E-state index >= 15 is 0 Å². The average Bonchev–Trinajstić information content (AvgIpc) is 2.33. The number of carbonyl (C=O) groups is 1. The van der Waals surface area contributed by atoms with Crippen LogP contribution in [0.3, 0.4) is 0 Å². The van der Waals surface area contributed by atoms with Crippen LogP contribution in [0.5, 0.6) is 0 Å². The molecule has 1 aromatic carbocycles. The van der Waals surface area contributed by atoms with E-state index in [1.807, 2.05) is 0 Å². The highest BCUT2D eigenvalue weighted by atomic mass is 35.5. The molecule has 0 aliphatic rings. The molecule has 2 N–H and O–H groups in total. The number of benzene rings is 1. The third-order valence-corrected chi connectivity index (χ3v) is 2.95. The SMILES string of the molecule is CCC(C)NCCC(=O)Nc1ccc(F)c(Cl)c1. The van der Waals surface area contributed by atoms with E-state index in [4.69, 9.17) is 11.6 Å². The van der Waals surface area contributed by atoms with Crippen molar-refractivity contribution >= 4 is 23.2 Å². The maximum atomic E-state index is 12.9. The summed E-state index contributed by atoms with van der Waals surface area (Å²) in [6.45, 7) is 4.77. The summed E-state index contributed by atoms with van der Waals surface area (Å²) in [5, 5.41) is 5.90. The summed E-state index contributed by atoms with van der Waals surface area (Å²) < 4.78 is 12.9. The zero-order valence-corrected chi connectivity index (χ0v) is 11.4. The van der Waals surface area contributed by atoms with Crippen molar-refractivity contribution in [3.8, 4) is 0 Å². The maximum Gasteiger partial charge on any atom is 0.225 e. The van der Waals surface area contributed by atoms with Gasteiger partial charge in [-0.3, -0.25) is 4.79 Å². The van der Waals surface area contributed by atoms with Crippen LogP contribution < -0.4 is 10.6 Å². The van der Waals surface area contributed by atoms with Crippen molar-refractivity contribution < 1.29 is 9.18 Å². The lowest BCUT2D eigenvalue weighted by Crippen LogP contribution is -2.28. The van der Waals surface area contributed by atoms with Crippen LogP contribution in [0.25, 0.3) is 0 Å². The fourth-order valence-corrected chi connectivity index (χ4v) is 1.55. The molecule has 0 saturated heterocycles. The number of hydrogen-bond donors (Lipinski definition) is 2. The summed E-state index contributed by atoms with van der Waals surface area (Å²) in [5.41, 5.74) is 0.509. The van der Waals surface area contributed by atoms with Gasteiger partial charge in [-0.1, -0.05) is 18.5 Å². The van der Waals surface area contributed by atoms with E-state index in [-0.39, 0.29) is 10.9 Å². The molecule has 0 bridgehead atoms. The Morgan fingerprint density at radius 1 is 1.50 bits per heavy atom. The molecule has 1 unspecified atom stereocenters. The molecule has 0 aliphatic heterocycles. The number of carbonyl (C=O) groups excluding carboxylic acids is 1. The lowest BCUT2D eigenvalue weighted by Gasteiger charge is -2.11. The minimum absolute atomic E-state index is 0.00512. The lowest BCUT2D eigenvalue weighted by atomic mass is 10.2. The topological polar surface area (TPSA) is 41.1 Å². The summed E-state index contributed by atoms with van der Waals surface area (Å²) in [7, 11) is 0. The Labute approximate surface area is 112 Å². The van der Waals surface area contributed by atoms with Gasteiger partial charge in [0.2, 0.25) is 5.91 Å². The van der Waals surface area contributed by atoms with Crippen molar-refractivity contribution in [3.63, 3.8) is 0 Å². The van der Waals surface area contributed by atoms with Gasteiger partial charge in [-0.25, -0.2) is 4.39 Å². The van der Waals surface area contributed by atoms with Crippen LogP contribution in [0.4, 0.5) is 10.1 Å². The van der Waals surface area contributed by atoms with Crippen LogP contribution in [-0.4, -0.2) is 18.5 Å². The predicted molar refractivity (Wildman–Crippen MR) is 72.4 cm³/mol. The molecule has 0 aromatic heterocycles. The molecule has 0 heterocycles. The molecule has 1 rings (SSSR count). The van der Waals surface area contributed by atoms with E-state index in [1.165, 1.54) is 18.2 Å². The first-order chi connectivity index (χ1) is 8.52. The van der Waals surface area contributed by atoms with Gasteiger partial charge in [0.15, 0.2) is 0 Å². The van der Waals surface area contributed by atoms with Crippen molar-refractivity contribution in [2.45, 2.75) is 32.7 Å². The van der Waals surface area contributed by atoms with Crippen LogP contribution in [0.15, 0.2) is 18.2 Å². The maximum absolute atomic E-state index is 12.9. The van der Waals surface area contributed by atoms with E-state index in [1.54, 1.807) is 0 Å². The van der Waals surface area contributed by atoms with E-state index in [0.29, 0.717) is 24.7 Å². The van der Waals surface area contributed by atoms with Crippen LogP contribution in [0.1, 0.15) is 26.7 Å². The Hall–Kier alpha value is -1.13. The number of amides is 1. The van der Waals surface area contributed by atoms with Gasteiger partial charge in [0, 0.05) is 24.7 Å². The number of anilines is 1. The van der Waals surface area contributed by atoms with E-state index in [0.717, 1.165) is 6.42 Å². The van der Waals surface area contributed by atoms with Crippen LogP contribution >= 0.6 is 11.6 Å². The molecule has 1 aromatic rings. The number of hydrogen-bond acceptors (Lipinski definition) is 2. The first-order valence-electron chi connectivity index (χ1n) is 6.01. The number of halogens is 2. The minimum Gasteiger partial charge on any atom is -0.326 e. The normalized spacial score (nSPS) is 12.2. The van der Waals surface area contributed by atoms with Gasteiger partial charge in [-0.05, 0) is 31.5 Å². The standard InChI is InChI=1S/C13H18ClFN2O/c1-3-9(2)16-7-6-13(18)17-10-4-5-12(15)11(14)8-10/h4-5,8-9,16H,3,6-7H2,1-2H3,(H,17,18). The second-order valence-corrected chi connectivity index (χ2v) is 4.60. The third kappa shape index (κ3) is 5.02. The molecular formula is C13H18ClFN2O. The molecule has 100 valence electrons. The van der Waals surface area contributed by atoms with Crippen molar-refractivity contribution in [2.75, 3.05) is 11.9 Å². The van der Waals surface area contributed by atoms with Gasteiger partial charge < -0.3 is 10.6 Å². The Morgan fingerprint density at radius 3 is 2.83 bits per heavy atom. The van der Waals surface area contributed by atoms with Gasteiger partial charge in [0.1, 0.15) is 5.82 Å². The molecular weight excluding hydrogens is 255 g/mol. The first kappa shape index (κ1) is 14.9. The van der Waals surface area contributed by atoms with Gasteiger partial charge in [-0.15, -0.1) is 0 Å². The molecule has 0 spiro atoms. The summed E-state index contributed by atoms with van der Waals surface area (Å²) in [6.07, 6.45) is 1.40. The van der Waals surface area contributed by atoms with Crippen LogP contribution in [0, 0.1) is 5.82 Å². The largest absolute Gasteiger partial charge is 0.326 e. The van der Waals surface area contributed by atoms with Crippen LogP contribution in [0.2, 0.25) is 5.02 Å². The number of rotatable bonds is 6. The molecule has 18 heavy (non-hydrogen) atoms. The zero-order valence-electron chi connectivity index (χ0n) is 10.6. The van der Waals surface area contributed by atoms with Crippen molar-refractivity contribution in [1.82, 2.24) is 5.32 Å². The Balaban J connectivity index is 2.38. The highest BCUT2D eigenvalue weighted by Gasteiger charge is 2.05. The fraction of sp³-hybridized carbons (Fsp3) is 0.462. The molecule has 0 radical (unpaired) electrons. The third-order valence-electron chi connectivity index (χ3n) is 2.66. The molecule has 0 saturated carbocycles. The van der Waals surface area contributed by atoms with Crippen molar-refractivity contribution in [1.29, 1.82) is 0 Å². The van der Waals surface area contributed by atoms with E-state index < -0.39 is 5.82 Å². The smallest absolute Gasteiger partial charge is 0.225 e. The second kappa shape index (κ2) is 7.34.